The largest absolute Gasteiger partial charge is 0.459 e. The van der Waals surface area contributed by atoms with Crippen molar-refractivity contribution in [2.24, 2.45) is 0 Å². The van der Waals surface area contributed by atoms with Crippen LogP contribution in [0.1, 0.15) is 22.9 Å². The van der Waals surface area contributed by atoms with E-state index in [2.05, 4.69) is 36.5 Å². The number of rotatable bonds is 3. The summed E-state index contributed by atoms with van der Waals surface area (Å²) in [6.45, 7) is 2.09. The highest BCUT2D eigenvalue weighted by molar-refractivity contribution is 6.31. The molecule has 0 amide bonds. The second kappa shape index (κ2) is 5.31. The Labute approximate surface area is 123 Å². The second-order valence-electron chi connectivity index (χ2n) is 4.97. The summed E-state index contributed by atoms with van der Waals surface area (Å²) in [4.78, 5) is 0. The lowest BCUT2D eigenvalue weighted by molar-refractivity contribution is 0.491. The molecule has 0 bridgehead atoms. The average Bonchev–Trinajstić information content (AvgIpc) is 2.82. The van der Waals surface area contributed by atoms with E-state index in [0.717, 1.165) is 21.8 Å². The molecule has 0 saturated heterocycles. The molecule has 3 rings (SSSR count). The lowest BCUT2D eigenvalue weighted by Gasteiger charge is -2.14. The van der Waals surface area contributed by atoms with Crippen molar-refractivity contribution in [2.75, 3.05) is 7.05 Å². The van der Waals surface area contributed by atoms with Gasteiger partial charge in [0.25, 0.3) is 0 Å². The van der Waals surface area contributed by atoms with Crippen LogP contribution in [-0.4, -0.2) is 7.05 Å². The van der Waals surface area contributed by atoms with Crippen LogP contribution in [-0.2, 0) is 0 Å². The second-order valence-corrected chi connectivity index (χ2v) is 5.40. The van der Waals surface area contributed by atoms with Crippen LogP contribution in [0.2, 0.25) is 5.02 Å². The molecule has 3 heteroatoms. The normalized spacial score (nSPS) is 12.8. The summed E-state index contributed by atoms with van der Waals surface area (Å²) in [5.41, 5.74) is 3.29. The fraction of sp³-hybridized carbons (Fsp3) is 0.176. The van der Waals surface area contributed by atoms with Crippen molar-refractivity contribution in [1.82, 2.24) is 5.32 Å². The number of hydrogen-bond donors (Lipinski definition) is 1. The fourth-order valence-corrected chi connectivity index (χ4v) is 2.68. The Kier molecular flexibility index (Phi) is 3.51. The number of benzene rings is 2. The van der Waals surface area contributed by atoms with Crippen LogP contribution >= 0.6 is 11.6 Å². The SMILES string of the molecule is CNC(c1cccc(C)c1)c1cc2cc(Cl)ccc2o1. The zero-order valence-corrected chi connectivity index (χ0v) is 12.2. The zero-order chi connectivity index (χ0) is 14.1. The molecule has 0 aliphatic rings. The molecule has 0 saturated carbocycles. The van der Waals surface area contributed by atoms with Crippen molar-refractivity contribution < 1.29 is 4.42 Å². The first-order valence-corrected chi connectivity index (χ1v) is 6.98. The van der Waals surface area contributed by atoms with E-state index in [-0.39, 0.29) is 6.04 Å². The van der Waals surface area contributed by atoms with Gasteiger partial charge in [0.05, 0.1) is 6.04 Å². The molecule has 1 unspecified atom stereocenters. The minimum atomic E-state index is 0.0427. The monoisotopic (exact) mass is 285 g/mol. The number of fused-ring (bicyclic) bond motifs is 1. The Morgan fingerprint density at radius 1 is 1.10 bits per heavy atom. The van der Waals surface area contributed by atoms with Gasteiger partial charge < -0.3 is 9.73 Å². The third-order valence-corrected chi connectivity index (χ3v) is 3.68. The lowest BCUT2D eigenvalue weighted by atomic mass is 10.0. The van der Waals surface area contributed by atoms with Gasteiger partial charge in [-0.15, -0.1) is 0 Å². The number of furan rings is 1. The van der Waals surface area contributed by atoms with Crippen molar-refractivity contribution in [3.8, 4) is 0 Å². The maximum Gasteiger partial charge on any atom is 0.134 e. The van der Waals surface area contributed by atoms with Crippen LogP contribution in [0.25, 0.3) is 11.0 Å². The molecular weight excluding hydrogens is 270 g/mol. The van der Waals surface area contributed by atoms with Gasteiger partial charge in [-0.05, 0) is 43.8 Å². The molecule has 20 heavy (non-hydrogen) atoms. The Morgan fingerprint density at radius 3 is 2.70 bits per heavy atom. The minimum absolute atomic E-state index is 0.0427. The van der Waals surface area contributed by atoms with E-state index in [1.807, 2.05) is 31.3 Å². The number of halogens is 1. The van der Waals surface area contributed by atoms with Gasteiger partial charge in [0.1, 0.15) is 11.3 Å². The molecule has 0 aliphatic carbocycles. The molecule has 1 aromatic heterocycles. The van der Waals surface area contributed by atoms with Gasteiger partial charge in [-0.2, -0.15) is 0 Å². The molecule has 0 spiro atoms. The summed E-state index contributed by atoms with van der Waals surface area (Å²) in [5, 5.41) is 5.06. The van der Waals surface area contributed by atoms with Gasteiger partial charge in [-0.3, -0.25) is 0 Å². The summed E-state index contributed by atoms with van der Waals surface area (Å²) in [5.74, 6) is 0.898. The molecule has 1 N–H and O–H groups in total. The van der Waals surface area contributed by atoms with Crippen molar-refractivity contribution in [1.29, 1.82) is 0 Å². The predicted octanol–water partition coefficient (Wildman–Crippen LogP) is 4.70. The molecule has 2 nitrogen and oxygen atoms in total. The first-order chi connectivity index (χ1) is 9.67. The third kappa shape index (κ3) is 2.45. The molecule has 1 heterocycles. The van der Waals surface area contributed by atoms with Crippen LogP contribution in [0.15, 0.2) is 52.9 Å². The highest BCUT2D eigenvalue weighted by Gasteiger charge is 2.16. The molecule has 3 aromatic rings. The zero-order valence-electron chi connectivity index (χ0n) is 11.5. The summed E-state index contributed by atoms with van der Waals surface area (Å²) < 4.78 is 5.95. The van der Waals surface area contributed by atoms with Crippen LogP contribution < -0.4 is 5.32 Å². The third-order valence-electron chi connectivity index (χ3n) is 3.45. The molecular formula is C17H16ClNO. The van der Waals surface area contributed by atoms with E-state index in [1.54, 1.807) is 0 Å². The standard InChI is InChI=1S/C17H16ClNO/c1-11-4-3-5-12(8-11)17(19-2)16-10-13-9-14(18)6-7-15(13)20-16/h3-10,17,19H,1-2H3. The number of hydrogen-bond acceptors (Lipinski definition) is 2. The van der Waals surface area contributed by atoms with Gasteiger partial charge in [-0.1, -0.05) is 41.4 Å². The van der Waals surface area contributed by atoms with E-state index in [4.69, 9.17) is 16.0 Å². The number of nitrogens with one attached hydrogen (secondary N) is 1. The van der Waals surface area contributed by atoms with Gasteiger partial charge >= 0.3 is 0 Å². The molecule has 2 aromatic carbocycles. The van der Waals surface area contributed by atoms with E-state index in [0.29, 0.717) is 0 Å². The molecule has 1 atom stereocenters. The number of aryl methyl sites for hydroxylation is 1. The Hall–Kier alpha value is -1.77. The summed E-state index contributed by atoms with van der Waals surface area (Å²) in [6.07, 6.45) is 0. The summed E-state index contributed by atoms with van der Waals surface area (Å²) in [6, 6.07) is 16.2. The maximum atomic E-state index is 6.02. The van der Waals surface area contributed by atoms with E-state index in [1.165, 1.54) is 11.1 Å². The van der Waals surface area contributed by atoms with E-state index in [9.17, 15) is 0 Å². The van der Waals surface area contributed by atoms with Gasteiger partial charge in [0, 0.05) is 10.4 Å². The maximum absolute atomic E-state index is 6.02. The molecule has 0 fully saturated rings. The van der Waals surface area contributed by atoms with Crippen LogP contribution in [0.5, 0.6) is 0 Å². The van der Waals surface area contributed by atoms with Crippen molar-refractivity contribution in [3.63, 3.8) is 0 Å². The minimum Gasteiger partial charge on any atom is -0.459 e. The van der Waals surface area contributed by atoms with Gasteiger partial charge in [0.2, 0.25) is 0 Å². The Balaban J connectivity index is 2.07. The topological polar surface area (TPSA) is 25.2 Å². The smallest absolute Gasteiger partial charge is 0.134 e. The molecule has 0 aliphatic heterocycles. The Morgan fingerprint density at radius 2 is 1.95 bits per heavy atom. The van der Waals surface area contributed by atoms with Crippen LogP contribution in [0, 0.1) is 6.92 Å². The summed E-state index contributed by atoms with van der Waals surface area (Å²) >= 11 is 6.02. The van der Waals surface area contributed by atoms with Gasteiger partial charge in [-0.25, -0.2) is 0 Å². The molecule has 102 valence electrons. The van der Waals surface area contributed by atoms with Crippen LogP contribution in [0.4, 0.5) is 0 Å². The molecule has 0 radical (unpaired) electrons. The fourth-order valence-electron chi connectivity index (χ4n) is 2.50. The van der Waals surface area contributed by atoms with Crippen LogP contribution in [0.3, 0.4) is 0 Å². The van der Waals surface area contributed by atoms with E-state index < -0.39 is 0 Å². The predicted molar refractivity (Wildman–Crippen MR) is 83.3 cm³/mol. The lowest BCUT2D eigenvalue weighted by Crippen LogP contribution is -2.16. The first kappa shape index (κ1) is 13.2. The summed E-state index contributed by atoms with van der Waals surface area (Å²) in [7, 11) is 1.94. The van der Waals surface area contributed by atoms with Gasteiger partial charge in [0.15, 0.2) is 0 Å². The van der Waals surface area contributed by atoms with E-state index >= 15 is 0 Å². The highest BCUT2D eigenvalue weighted by atomic mass is 35.5. The quantitative estimate of drug-likeness (QED) is 0.754. The van der Waals surface area contributed by atoms with Crippen molar-refractivity contribution >= 4 is 22.6 Å². The highest BCUT2D eigenvalue weighted by Crippen LogP contribution is 2.29. The first-order valence-electron chi connectivity index (χ1n) is 6.60. The van der Waals surface area contributed by atoms with Crippen molar-refractivity contribution in [2.45, 2.75) is 13.0 Å². The average molecular weight is 286 g/mol. The van der Waals surface area contributed by atoms with Crippen molar-refractivity contribution in [3.05, 3.63) is 70.4 Å². The Bertz CT molecular complexity index is 748.